The molecule has 0 saturated carbocycles. The van der Waals surface area contributed by atoms with E-state index in [1.165, 1.54) is 11.3 Å². The van der Waals surface area contributed by atoms with Gasteiger partial charge in [-0.2, -0.15) is 5.26 Å². The number of nitrogens with zero attached hydrogens (tertiary/aromatic N) is 2. The Kier molecular flexibility index (Phi) is 7.48. The lowest BCUT2D eigenvalue weighted by Crippen LogP contribution is -2.35. The maximum Gasteiger partial charge on any atom is 0.186 e. The second-order valence-electron chi connectivity index (χ2n) is 6.04. The summed E-state index contributed by atoms with van der Waals surface area (Å²) in [6.07, 6.45) is 1.61. The second kappa shape index (κ2) is 8.86. The van der Waals surface area contributed by atoms with Gasteiger partial charge in [-0.05, 0) is 57.1 Å². The van der Waals surface area contributed by atoms with E-state index >= 15 is 0 Å². The van der Waals surface area contributed by atoms with Gasteiger partial charge < -0.3 is 9.33 Å². The van der Waals surface area contributed by atoms with Gasteiger partial charge in [0.25, 0.3) is 0 Å². The summed E-state index contributed by atoms with van der Waals surface area (Å²) in [4.78, 5) is 2.35. The lowest BCUT2D eigenvalue weighted by atomic mass is 10.2. The summed E-state index contributed by atoms with van der Waals surface area (Å²) in [5.41, 5.74) is 2.56. The Bertz CT molecular complexity index is 468. The molecule has 0 amide bonds. The number of hydrogen-bond acceptors (Lipinski definition) is 3. The molecule has 1 rings (SSSR count). The molecule has 1 aromatic rings. The molecule has 1 aromatic carbocycles. The minimum absolute atomic E-state index is 0.643. The van der Waals surface area contributed by atoms with E-state index in [1.54, 1.807) is 0 Å². The Morgan fingerprint density at radius 1 is 1.33 bits per heavy atom. The lowest BCUT2D eigenvalue weighted by molar-refractivity contribution is 0.312. The van der Waals surface area contributed by atoms with E-state index in [0.717, 1.165) is 32.2 Å². The van der Waals surface area contributed by atoms with Crippen LogP contribution in [0.3, 0.4) is 0 Å². The second-order valence-corrected chi connectivity index (χ2v) is 10.3. The molecule has 0 heterocycles. The third kappa shape index (κ3) is 6.79. The summed E-state index contributed by atoms with van der Waals surface area (Å²) in [7, 11) is -1.61. The fourth-order valence-corrected chi connectivity index (χ4v) is 4.21. The largest absolute Gasteiger partial charge is 0.416 e. The summed E-state index contributed by atoms with van der Waals surface area (Å²) in [5.74, 6) is 0. The van der Waals surface area contributed by atoms with Crippen LogP contribution in [0.2, 0.25) is 19.1 Å². The summed E-state index contributed by atoms with van der Waals surface area (Å²) in [5, 5.41) is 8.61. The Morgan fingerprint density at radius 2 is 2.10 bits per heavy atom. The summed E-state index contributed by atoms with van der Waals surface area (Å²) < 4.78 is 6.15. The minimum Gasteiger partial charge on any atom is -0.416 e. The van der Waals surface area contributed by atoms with Crippen LogP contribution >= 0.6 is 0 Å². The average Bonchev–Trinajstić information content (AvgIpc) is 2.43. The standard InChI is InChI=1S/C17H28N2OSi/c1-5-19(17-10-8-9-16(2)15-17)12-13-20-21(3,4)14-7-6-11-18/h8-10,15H,5-7,12-14H2,1-4H3. The maximum atomic E-state index is 8.61. The van der Waals surface area contributed by atoms with Crippen molar-refractivity contribution in [3.05, 3.63) is 29.8 Å². The normalized spacial score (nSPS) is 11.2. The van der Waals surface area contributed by atoms with Gasteiger partial charge in [0.05, 0.1) is 12.7 Å². The highest BCUT2D eigenvalue weighted by Crippen LogP contribution is 2.17. The molecular formula is C17H28N2OSi. The molecule has 0 fully saturated rings. The zero-order chi connectivity index (χ0) is 15.7. The summed E-state index contributed by atoms with van der Waals surface area (Å²) in [6.45, 7) is 11.5. The van der Waals surface area contributed by atoms with Crippen LogP contribution in [-0.2, 0) is 4.43 Å². The Balaban J connectivity index is 2.44. The highest BCUT2D eigenvalue weighted by molar-refractivity contribution is 6.71. The Hall–Kier alpha value is -1.31. The third-order valence-electron chi connectivity index (χ3n) is 3.67. The van der Waals surface area contributed by atoms with E-state index in [0.29, 0.717) is 6.42 Å². The van der Waals surface area contributed by atoms with Crippen molar-refractivity contribution in [1.82, 2.24) is 0 Å². The summed E-state index contributed by atoms with van der Waals surface area (Å²) in [6, 6.07) is 11.9. The van der Waals surface area contributed by atoms with Crippen molar-refractivity contribution < 1.29 is 4.43 Å². The van der Waals surface area contributed by atoms with Crippen molar-refractivity contribution in [2.24, 2.45) is 0 Å². The predicted molar refractivity (Wildman–Crippen MR) is 92.2 cm³/mol. The van der Waals surface area contributed by atoms with Gasteiger partial charge in [0, 0.05) is 25.2 Å². The number of benzene rings is 1. The highest BCUT2D eigenvalue weighted by atomic mass is 28.4. The molecule has 3 nitrogen and oxygen atoms in total. The van der Waals surface area contributed by atoms with Crippen LogP contribution < -0.4 is 4.90 Å². The molecular weight excluding hydrogens is 276 g/mol. The molecule has 0 saturated heterocycles. The van der Waals surface area contributed by atoms with Gasteiger partial charge in [0.15, 0.2) is 8.32 Å². The van der Waals surface area contributed by atoms with Gasteiger partial charge in [0.2, 0.25) is 0 Å². The number of rotatable bonds is 9. The molecule has 4 heteroatoms. The van der Waals surface area contributed by atoms with E-state index in [2.05, 4.69) is 62.2 Å². The average molecular weight is 305 g/mol. The molecule has 0 radical (unpaired) electrons. The minimum atomic E-state index is -1.61. The SMILES string of the molecule is CCN(CCO[Si](C)(C)CCCC#N)c1cccc(C)c1. The molecule has 0 aliphatic heterocycles. The van der Waals surface area contributed by atoms with Crippen molar-refractivity contribution in [1.29, 1.82) is 5.26 Å². The molecule has 0 atom stereocenters. The number of nitriles is 1. The van der Waals surface area contributed by atoms with Crippen LogP contribution in [0.15, 0.2) is 24.3 Å². The van der Waals surface area contributed by atoms with Crippen LogP contribution in [-0.4, -0.2) is 28.0 Å². The Labute approximate surface area is 130 Å². The number of hydrogen-bond donors (Lipinski definition) is 0. The van der Waals surface area contributed by atoms with E-state index in [4.69, 9.17) is 9.69 Å². The number of anilines is 1. The van der Waals surface area contributed by atoms with Gasteiger partial charge in [-0.25, -0.2) is 0 Å². The first-order valence-electron chi connectivity index (χ1n) is 7.81. The van der Waals surface area contributed by atoms with Crippen LogP contribution in [0.1, 0.15) is 25.3 Å². The molecule has 0 unspecified atom stereocenters. The fourth-order valence-electron chi connectivity index (χ4n) is 2.39. The van der Waals surface area contributed by atoms with E-state index in [9.17, 15) is 0 Å². The number of likely N-dealkylation sites (N-methyl/N-ethyl adjacent to an activating group) is 1. The van der Waals surface area contributed by atoms with E-state index in [1.807, 2.05) is 0 Å². The van der Waals surface area contributed by atoms with Crippen LogP contribution in [0.4, 0.5) is 5.69 Å². The van der Waals surface area contributed by atoms with Crippen molar-refractivity contribution in [3.63, 3.8) is 0 Å². The van der Waals surface area contributed by atoms with Gasteiger partial charge >= 0.3 is 0 Å². The van der Waals surface area contributed by atoms with Crippen molar-refractivity contribution in [3.8, 4) is 6.07 Å². The van der Waals surface area contributed by atoms with Crippen molar-refractivity contribution >= 4 is 14.0 Å². The molecule has 0 bridgehead atoms. The first-order valence-corrected chi connectivity index (χ1v) is 10.9. The molecule has 0 spiro atoms. The smallest absolute Gasteiger partial charge is 0.186 e. The fraction of sp³-hybridized carbons (Fsp3) is 0.588. The highest BCUT2D eigenvalue weighted by Gasteiger charge is 2.21. The lowest BCUT2D eigenvalue weighted by Gasteiger charge is -2.27. The number of unbranched alkanes of at least 4 members (excludes halogenated alkanes) is 1. The Morgan fingerprint density at radius 3 is 2.71 bits per heavy atom. The van der Waals surface area contributed by atoms with Gasteiger partial charge in [-0.1, -0.05) is 12.1 Å². The van der Waals surface area contributed by atoms with Crippen LogP contribution in [0.25, 0.3) is 0 Å². The zero-order valence-corrected chi connectivity index (χ0v) is 14.9. The molecule has 0 aliphatic rings. The van der Waals surface area contributed by atoms with Crippen LogP contribution in [0.5, 0.6) is 0 Å². The molecule has 21 heavy (non-hydrogen) atoms. The van der Waals surface area contributed by atoms with E-state index in [-0.39, 0.29) is 0 Å². The zero-order valence-electron chi connectivity index (χ0n) is 13.9. The van der Waals surface area contributed by atoms with Gasteiger partial charge in [0.1, 0.15) is 0 Å². The topological polar surface area (TPSA) is 36.3 Å². The summed E-state index contributed by atoms with van der Waals surface area (Å²) >= 11 is 0. The molecule has 0 N–H and O–H groups in total. The maximum absolute atomic E-state index is 8.61. The van der Waals surface area contributed by atoms with Crippen LogP contribution in [0, 0.1) is 18.3 Å². The monoisotopic (exact) mass is 304 g/mol. The molecule has 116 valence electrons. The predicted octanol–water partition coefficient (Wildman–Crippen LogP) is 4.35. The van der Waals surface area contributed by atoms with Gasteiger partial charge in [-0.15, -0.1) is 0 Å². The number of aryl methyl sites for hydroxylation is 1. The molecule has 0 aliphatic carbocycles. The van der Waals surface area contributed by atoms with Crippen molar-refractivity contribution in [2.45, 2.75) is 45.8 Å². The third-order valence-corrected chi connectivity index (χ3v) is 6.21. The molecule has 0 aromatic heterocycles. The quantitative estimate of drug-likeness (QED) is 0.503. The van der Waals surface area contributed by atoms with E-state index < -0.39 is 8.32 Å². The first-order chi connectivity index (χ1) is 9.98. The van der Waals surface area contributed by atoms with Crippen molar-refractivity contribution in [2.75, 3.05) is 24.6 Å². The van der Waals surface area contributed by atoms with Gasteiger partial charge in [-0.3, -0.25) is 0 Å². The first kappa shape index (κ1) is 17.7.